The molecule has 0 radical (unpaired) electrons. The van der Waals surface area contributed by atoms with E-state index in [1.165, 1.54) is 0 Å². The molecule has 1 aliphatic heterocycles. The summed E-state index contributed by atoms with van der Waals surface area (Å²) < 4.78 is 5.21. The van der Waals surface area contributed by atoms with E-state index >= 15 is 0 Å². The molecule has 0 bridgehead atoms. The smallest absolute Gasteiger partial charge is 0.259 e. The monoisotopic (exact) mass is 285 g/mol. The lowest BCUT2D eigenvalue weighted by Gasteiger charge is -2.14. The number of benzene rings is 1. The van der Waals surface area contributed by atoms with Crippen molar-refractivity contribution in [2.24, 2.45) is 0 Å². The predicted molar refractivity (Wildman–Crippen MR) is 74.6 cm³/mol. The van der Waals surface area contributed by atoms with Crippen molar-refractivity contribution in [3.8, 4) is 0 Å². The molecule has 1 unspecified atom stereocenters. The van der Waals surface area contributed by atoms with Gasteiger partial charge in [-0.05, 0) is 25.1 Å². The van der Waals surface area contributed by atoms with E-state index in [0.29, 0.717) is 25.2 Å². The number of imidazole rings is 1. The van der Waals surface area contributed by atoms with Gasteiger partial charge in [-0.1, -0.05) is 17.3 Å². The average molecular weight is 285 g/mol. The molecule has 0 spiro atoms. The SMILES string of the molecule is OC1(c2nc(Cc3nc4ccccc4[nH]3)no2)CCNC1. The number of H-pyrrole nitrogens is 1. The van der Waals surface area contributed by atoms with Gasteiger partial charge in [0.1, 0.15) is 5.82 Å². The second kappa shape index (κ2) is 4.64. The van der Waals surface area contributed by atoms with E-state index in [1.54, 1.807) is 0 Å². The first-order valence-corrected chi connectivity index (χ1v) is 6.93. The van der Waals surface area contributed by atoms with E-state index in [-0.39, 0.29) is 5.89 Å². The molecular formula is C14H15N5O2. The molecule has 1 aliphatic rings. The summed E-state index contributed by atoms with van der Waals surface area (Å²) >= 11 is 0. The maximum atomic E-state index is 10.4. The van der Waals surface area contributed by atoms with Gasteiger partial charge >= 0.3 is 0 Å². The number of hydrogen-bond acceptors (Lipinski definition) is 6. The predicted octanol–water partition coefficient (Wildman–Crippen LogP) is 0.718. The standard InChI is InChI=1S/C14H15N5O2/c20-14(5-6-15-8-14)13-18-12(19-21-13)7-11-16-9-3-1-2-4-10(9)17-11/h1-4,15,20H,5-8H2,(H,16,17). The fourth-order valence-corrected chi connectivity index (χ4v) is 2.62. The molecule has 4 rings (SSSR count). The Morgan fingerprint density at radius 2 is 2.19 bits per heavy atom. The van der Waals surface area contributed by atoms with Crippen molar-refractivity contribution in [2.75, 3.05) is 13.1 Å². The Kier molecular flexibility index (Phi) is 2.76. The highest BCUT2D eigenvalue weighted by Crippen LogP contribution is 2.26. The first-order chi connectivity index (χ1) is 10.2. The molecule has 21 heavy (non-hydrogen) atoms. The number of rotatable bonds is 3. The van der Waals surface area contributed by atoms with Crippen molar-refractivity contribution in [3.05, 3.63) is 41.8 Å². The molecule has 3 heterocycles. The van der Waals surface area contributed by atoms with Gasteiger partial charge in [0.05, 0.1) is 17.5 Å². The van der Waals surface area contributed by atoms with Crippen LogP contribution in [0.2, 0.25) is 0 Å². The fourth-order valence-electron chi connectivity index (χ4n) is 2.62. The molecule has 2 aromatic heterocycles. The molecule has 0 saturated carbocycles. The molecule has 3 aromatic rings. The molecule has 7 heteroatoms. The summed E-state index contributed by atoms with van der Waals surface area (Å²) in [6, 6.07) is 7.83. The third-order valence-electron chi connectivity index (χ3n) is 3.76. The zero-order chi connectivity index (χ0) is 14.3. The lowest BCUT2D eigenvalue weighted by molar-refractivity contribution is 0.0243. The number of hydrogen-bond donors (Lipinski definition) is 3. The number of fused-ring (bicyclic) bond motifs is 1. The van der Waals surface area contributed by atoms with Gasteiger partial charge in [0.2, 0.25) is 0 Å². The van der Waals surface area contributed by atoms with Crippen LogP contribution in [0.4, 0.5) is 0 Å². The van der Waals surface area contributed by atoms with Crippen molar-refractivity contribution < 1.29 is 9.63 Å². The van der Waals surface area contributed by atoms with Gasteiger partial charge in [-0.25, -0.2) is 4.98 Å². The summed E-state index contributed by atoms with van der Waals surface area (Å²) in [6.45, 7) is 1.19. The summed E-state index contributed by atoms with van der Waals surface area (Å²) in [5, 5.41) is 17.4. The zero-order valence-corrected chi connectivity index (χ0v) is 11.3. The van der Waals surface area contributed by atoms with Crippen LogP contribution in [0.1, 0.15) is 24.0 Å². The van der Waals surface area contributed by atoms with Crippen molar-refractivity contribution in [1.82, 2.24) is 25.4 Å². The molecule has 0 amide bonds. The molecule has 1 fully saturated rings. The van der Waals surface area contributed by atoms with E-state index in [2.05, 4.69) is 25.4 Å². The molecule has 1 saturated heterocycles. The molecule has 7 nitrogen and oxygen atoms in total. The van der Waals surface area contributed by atoms with Crippen LogP contribution < -0.4 is 5.32 Å². The number of aromatic amines is 1. The van der Waals surface area contributed by atoms with Crippen molar-refractivity contribution in [2.45, 2.75) is 18.4 Å². The van der Waals surface area contributed by atoms with E-state index in [0.717, 1.165) is 23.4 Å². The lowest BCUT2D eigenvalue weighted by Crippen LogP contribution is -2.28. The average Bonchev–Trinajstić information content (AvgIpc) is 3.18. The Balaban J connectivity index is 1.58. The van der Waals surface area contributed by atoms with E-state index in [1.807, 2.05) is 24.3 Å². The number of para-hydroxylation sites is 2. The van der Waals surface area contributed by atoms with Crippen LogP contribution in [0, 0.1) is 0 Å². The summed E-state index contributed by atoms with van der Waals surface area (Å²) in [6.07, 6.45) is 1.03. The first-order valence-electron chi connectivity index (χ1n) is 6.93. The van der Waals surface area contributed by atoms with Gasteiger partial charge < -0.3 is 19.9 Å². The van der Waals surface area contributed by atoms with Crippen LogP contribution in [0.5, 0.6) is 0 Å². The molecule has 0 aliphatic carbocycles. The van der Waals surface area contributed by atoms with Crippen LogP contribution >= 0.6 is 0 Å². The number of aliphatic hydroxyl groups is 1. The Labute approximate surface area is 120 Å². The van der Waals surface area contributed by atoms with Crippen LogP contribution in [-0.2, 0) is 12.0 Å². The normalized spacial score (nSPS) is 22.1. The minimum absolute atomic E-state index is 0.276. The number of nitrogens with zero attached hydrogens (tertiary/aromatic N) is 3. The number of β-amino-alcohol motifs (C(OH)–C–C–N with tert-alkyl or cyclic N) is 1. The maximum Gasteiger partial charge on any atom is 0.259 e. The molecule has 108 valence electrons. The second-order valence-electron chi connectivity index (χ2n) is 5.35. The highest BCUT2D eigenvalue weighted by molar-refractivity contribution is 5.74. The van der Waals surface area contributed by atoms with Crippen molar-refractivity contribution in [3.63, 3.8) is 0 Å². The van der Waals surface area contributed by atoms with Crippen molar-refractivity contribution >= 4 is 11.0 Å². The van der Waals surface area contributed by atoms with E-state index in [9.17, 15) is 5.11 Å². The summed E-state index contributed by atoms with van der Waals surface area (Å²) in [5.41, 5.74) is 0.851. The van der Waals surface area contributed by atoms with Gasteiger partial charge in [0.25, 0.3) is 5.89 Å². The summed E-state index contributed by atoms with van der Waals surface area (Å²) in [5.74, 6) is 1.57. The van der Waals surface area contributed by atoms with Crippen LogP contribution in [0.3, 0.4) is 0 Å². The van der Waals surface area contributed by atoms with Crippen LogP contribution in [0.25, 0.3) is 11.0 Å². The molecule has 3 N–H and O–H groups in total. The largest absolute Gasteiger partial charge is 0.379 e. The Bertz CT molecular complexity index is 739. The number of aromatic nitrogens is 4. The number of nitrogens with one attached hydrogen (secondary N) is 2. The first kappa shape index (κ1) is 12.5. The van der Waals surface area contributed by atoms with Gasteiger partial charge in [0, 0.05) is 6.54 Å². The Hall–Kier alpha value is -2.25. The highest BCUT2D eigenvalue weighted by atomic mass is 16.5. The minimum Gasteiger partial charge on any atom is -0.379 e. The van der Waals surface area contributed by atoms with Crippen molar-refractivity contribution in [1.29, 1.82) is 0 Å². The molecular weight excluding hydrogens is 270 g/mol. The van der Waals surface area contributed by atoms with Crippen LogP contribution in [-0.4, -0.2) is 38.3 Å². The van der Waals surface area contributed by atoms with Gasteiger partial charge in [-0.2, -0.15) is 4.98 Å². The van der Waals surface area contributed by atoms with Gasteiger partial charge in [-0.15, -0.1) is 0 Å². The van der Waals surface area contributed by atoms with Gasteiger partial charge in [-0.3, -0.25) is 0 Å². The third-order valence-corrected chi connectivity index (χ3v) is 3.76. The minimum atomic E-state index is -1.04. The Morgan fingerprint density at radius 1 is 1.29 bits per heavy atom. The topological polar surface area (TPSA) is 99.9 Å². The van der Waals surface area contributed by atoms with E-state index in [4.69, 9.17) is 4.52 Å². The Morgan fingerprint density at radius 3 is 3.00 bits per heavy atom. The second-order valence-corrected chi connectivity index (χ2v) is 5.35. The van der Waals surface area contributed by atoms with Crippen LogP contribution in [0.15, 0.2) is 28.8 Å². The molecule has 1 aromatic carbocycles. The maximum absolute atomic E-state index is 10.4. The fraction of sp³-hybridized carbons (Fsp3) is 0.357. The highest BCUT2D eigenvalue weighted by Gasteiger charge is 2.38. The quantitative estimate of drug-likeness (QED) is 0.655. The summed E-state index contributed by atoms with van der Waals surface area (Å²) in [4.78, 5) is 12.0. The third kappa shape index (κ3) is 2.20. The zero-order valence-electron chi connectivity index (χ0n) is 11.3. The lowest BCUT2D eigenvalue weighted by atomic mass is 10.0. The molecule has 1 atom stereocenters. The van der Waals surface area contributed by atoms with E-state index < -0.39 is 5.60 Å². The van der Waals surface area contributed by atoms with Gasteiger partial charge in [0.15, 0.2) is 11.4 Å². The summed E-state index contributed by atoms with van der Waals surface area (Å²) in [7, 11) is 0.